The van der Waals surface area contributed by atoms with Crippen molar-refractivity contribution in [2.24, 2.45) is 5.92 Å². The Morgan fingerprint density at radius 1 is 1.26 bits per heavy atom. The molecule has 0 radical (unpaired) electrons. The summed E-state index contributed by atoms with van der Waals surface area (Å²) in [6.45, 7) is 2.76. The van der Waals surface area contributed by atoms with Crippen LogP contribution in [0, 0.1) is 5.92 Å². The van der Waals surface area contributed by atoms with Crippen molar-refractivity contribution >= 4 is 11.8 Å². The van der Waals surface area contributed by atoms with E-state index in [9.17, 15) is 18.0 Å². The van der Waals surface area contributed by atoms with E-state index in [0.717, 1.165) is 35.9 Å². The number of halogens is 3. The summed E-state index contributed by atoms with van der Waals surface area (Å²) in [5.74, 6) is -1.38. The average Bonchev–Trinajstić information content (AvgIpc) is 2.73. The molecule has 166 valence electrons. The van der Waals surface area contributed by atoms with Gasteiger partial charge in [-0.2, -0.15) is 13.2 Å². The summed E-state index contributed by atoms with van der Waals surface area (Å²) in [5, 5.41) is 9.15. The Labute approximate surface area is 178 Å². The molecule has 2 aliphatic heterocycles. The maximum Gasteiger partial charge on any atom is 0.451 e. The highest BCUT2D eigenvalue weighted by atomic mass is 19.4. The molecule has 2 aromatic rings. The SMILES string of the molecule is CC(Cc1ccc2c(c1)OC1(CC2)CCN(c2ccnc(C(F)(F)F)n2)CC1)C(=O)O. The van der Waals surface area contributed by atoms with Crippen molar-refractivity contribution in [2.45, 2.75) is 50.8 Å². The Morgan fingerprint density at radius 2 is 2.00 bits per heavy atom. The van der Waals surface area contributed by atoms with Gasteiger partial charge in [-0.05, 0) is 42.5 Å². The smallest absolute Gasteiger partial charge is 0.451 e. The Kier molecular flexibility index (Phi) is 5.53. The first kappa shape index (κ1) is 21.4. The lowest BCUT2D eigenvalue weighted by Gasteiger charge is -2.45. The van der Waals surface area contributed by atoms with E-state index in [2.05, 4.69) is 9.97 Å². The molecule has 1 saturated heterocycles. The van der Waals surface area contributed by atoms with E-state index in [0.29, 0.717) is 32.4 Å². The number of fused-ring (bicyclic) bond motifs is 1. The molecular weight excluding hydrogens is 411 g/mol. The van der Waals surface area contributed by atoms with Crippen LogP contribution in [0.5, 0.6) is 5.75 Å². The summed E-state index contributed by atoms with van der Waals surface area (Å²) >= 11 is 0. The monoisotopic (exact) mass is 435 g/mol. The zero-order valence-electron chi connectivity index (χ0n) is 17.2. The number of ether oxygens (including phenoxy) is 1. The first-order chi connectivity index (χ1) is 14.7. The van der Waals surface area contributed by atoms with Gasteiger partial charge in [0.2, 0.25) is 5.82 Å². The van der Waals surface area contributed by atoms with Crippen LogP contribution in [-0.2, 0) is 23.8 Å². The Bertz CT molecular complexity index is 972. The molecule has 6 nitrogen and oxygen atoms in total. The number of aromatic nitrogens is 2. The van der Waals surface area contributed by atoms with Crippen LogP contribution in [0.2, 0.25) is 0 Å². The molecule has 0 amide bonds. The van der Waals surface area contributed by atoms with Crippen LogP contribution in [0.1, 0.15) is 43.1 Å². The van der Waals surface area contributed by atoms with Crippen molar-refractivity contribution in [1.29, 1.82) is 0 Å². The van der Waals surface area contributed by atoms with Gasteiger partial charge < -0.3 is 14.7 Å². The Morgan fingerprint density at radius 3 is 2.68 bits per heavy atom. The summed E-state index contributed by atoms with van der Waals surface area (Å²) in [4.78, 5) is 20.0. The van der Waals surface area contributed by atoms with Gasteiger partial charge in [0.15, 0.2) is 0 Å². The van der Waals surface area contributed by atoms with Crippen LogP contribution in [0.3, 0.4) is 0 Å². The second kappa shape index (κ2) is 8.01. The van der Waals surface area contributed by atoms with Gasteiger partial charge in [0.25, 0.3) is 0 Å². The third-order valence-electron chi connectivity index (χ3n) is 6.16. The Balaban J connectivity index is 1.45. The van der Waals surface area contributed by atoms with E-state index >= 15 is 0 Å². The second-order valence-electron chi connectivity index (χ2n) is 8.39. The number of piperidine rings is 1. The van der Waals surface area contributed by atoms with Crippen LogP contribution in [0.25, 0.3) is 0 Å². The number of carbonyl (C=O) groups is 1. The largest absolute Gasteiger partial charge is 0.487 e. The van der Waals surface area contributed by atoms with E-state index in [-0.39, 0.29) is 11.4 Å². The maximum atomic E-state index is 12.9. The first-order valence-electron chi connectivity index (χ1n) is 10.3. The molecule has 2 aliphatic rings. The van der Waals surface area contributed by atoms with Gasteiger partial charge >= 0.3 is 12.1 Å². The lowest BCUT2D eigenvalue weighted by Crippen LogP contribution is -2.50. The molecule has 1 spiro atoms. The molecule has 1 unspecified atom stereocenters. The van der Waals surface area contributed by atoms with E-state index in [1.165, 1.54) is 6.07 Å². The fourth-order valence-electron chi connectivity index (χ4n) is 4.27. The molecule has 9 heteroatoms. The molecule has 31 heavy (non-hydrogen) atoms. The molecule has 1 aromatic carbocycles. The zero-order valence-corrected chi connectivity index (χ0v) is 17.2. The number of rotatable bonds is 4. The summed E-state index contributed by atoms with van der Waals surface area (Å²) in [6.07, 6.45) is 0.0524. The molecule has 0 saturated carbocycles. The van der Waals surface area contributed by atoms with E-state index in [4.69, 9.17) is 9.84 Å². The number of alkyl halides is 3. The highest BCUT2D eigenvalue weighted by Gasteiger charge is 2.40. The van der Waals surface area contributed by atoms with Crippen LogP contribution in [-0.4, -0.2) is 39.7 Å². The summed E-state index contributed by atoms with van der Waals surface area (Å²) in [7, 11) is 0. The van der Waals surface area contributed by atoms with Gasteiger partial charge in [-0.15, -0.1) is 0 Å². The maximum absolute atomic E-state index is 12.9. The van der Waals surface area contributed by atoms with Crippen molar-refractivity contribution in [2.75, 3.05) is 18.0 Å². The van der Waals surface area contributed by atoms with Crippen molar-refractivity contribution in [3.8, 4) is 5.75 Å². The average molecular weight is 435 g/mol. The van der Waals surface area contributed by atoms with Crippen LogP contribution in [0.4, 0.5) is 19.0 Å². The summed E-state index contributed by atoms with van der Waals surface area (Å²) < 4.78 is 45.2. The summed E-state index contributed by atoms with van der Waals surface area (Å²) in [5.41, 5.74) is 1.66. The first-order valence-corrected chi connectivity index (χ1v) is 10.3. The molecule has 1 fully saturated rings. The Hall–Kier alpha value is -2.84. The normalized spacial score (nSPS) is 18.9. The molecule has 1 aromatic heterocycles. The predicted octanol–water partition coefficient (Wildman–Crippen LogP) is 4.12. The fourth-order valence-corrected chi connectivity index (χ4v) is 4.27. The number of aryl methyl sites for hydroxylation is 1. The van der Waals surface area contributed by atoms with E-state index in [1.54, 1.807) is 6.92 Å². The number of hydrogen-bond donors (Lipinski definition) is 1. The molecule has 1 atom stereocenters. The quantitative estimate of drug-likeness (QED) is 0.779. The van der Waals surface area contributed by atoms with Gasteiger partial charge in [0.1, 0.15) is 17.2 Å². The fraction of sp³-hybridized carbons (Fsp3) is 0.500. The van der Waals surface area contributed by atoms with Crippen LogP contribution < -0.4 is 9.64 Å². The predicted molar refractivity (Wildman–Crippen MR) is 107 cm³/mol. The second-order valence-corrected chi connectivity index (χ2v) is 8.39. The number of carboxylic acid groups (broad SMARTS) is 1. The minimum Gasteiger partial charge on any atom is -0.487 e. The third-order valence-corrected chi connectivity index (χ3v) is 6.16. The molecule has 0 bridgehead atoms. The standard InChI is InChI=1S/C22H24F3N3O3/c1-14(19(29)30)12-15-2-3-16-4-6-21(31-17(16)13-15)7-10-28(11-8-21)18-5-9-26-20(27-18)22(23,24)25/h2-3,5,9,13-14H,4,6-8,10-12H2,1H3,(H,29,30). The van der Waals surface area contributed by atoms with E-state index < -0.39 is 23.9 Å². The highest BCUT2D eigenvalue weighted by Crippen LogP contribution is 2.40. The molecule has 4 rings (SSSR count). The van der Waals surface area contributed by atoms with Crippen LogP contribution >= 0.6 is 0 Å². The van der Waals surface area contributed by atoms with Crippen molar-refractivity contribution < 1.29 is 27.8 Å². The summed E-state index contributed by atoms with van der Waals surface area (Å²) in [6, 6.07) is 7.39. The van der Waals surface area contributed by atoms with Crippen molar-refractivity contribution in [3.05, 3.63) is 47.4 Å². The van der Waals surface area contributed by atoms with Crippen molar-refractivity contribution in [1.82, 2.24) is 9.97 Å². The number of benzene rings is 1. The minimum absolute atomic E-state index is 0.276. The molecule has 3 heterocycles. The zero-order chi connectivity index (χ0) is 22.2. The van der Waals surface area contributed by atoms with Gasteiger partial charge in [-0.25, -0.2) is 9.97 Å². The molecule has 0 aliphatic carbocycles. The lowest BCUT2D eigenvalue weighted by molar-refractivity contribution is -0.145. The van der Waals surface area contributed by atoms with Gasteiger partial charge in [0.05, 0.1) is 5.92 Å². The lowest BCUT2D eigenvalue weighted by atomic mass is 9.82. The number of hydrogen-bond acceptors (Lipinski definition) is 5. The number of carboxylic acids is 1. The number of anilines is 1. The van der Waals surface area contributed by atoms with Gasteiger partial charge in [-0.1, -0.05) is 19.1 Å². The molecular formula is C22H24F3N3O3. The highest BCUT2D eigenvalue weighted by molar-refractivity contribution is 5.70. The minimum atomic E-state index is -4.57. The van der Waals surface area contributed by atoms with Crippen LogP contribution in [0.15, 0.2) is 30.5 Å². The topological polar surface area (TPSA) is 75.5 Å². The third kappa shape index (κ3) is 4.60. The van der Waals surface area contributed by atoms with Gasteiger partial charge in [-0.3, -0.25) is 4.79 Å². The van der Waals surface area contributed by atoms with Gasteiger partial charge in [0, 0.05) is 32.1 Å². The number of aliphatic carboxylic acids is 1. The number of nitrogens with zero attached hydrogens (tertiary/aromatic N) is 3. The van der Waals surface area contributed by atoms with Crippen molar-refractivity contribution in [3.63, 3.8) is 0 Å². The van der Waals surface area contributed by atoms with E-state index in [1.807, 2.05) is 23.1 Å². The molecule has 1 N–H and O–H groups in total.